The summed E-state index contributed by atoms with van der Waals surface area (Å²) >= 11 is 0. The van der Waals surface area contributed by atoms with Crippen molar-refractivity contribution in [3.05, 3.63) is 84.2 Å². The number of fused-ring (bicyclic) bond motifs is 1. The van der Waals surface area contributed by atoms with Crippen molar-refractivity contribution in [1.29, 1.82) is 5.26 Å². The van der Waals surface area contributed by atoms with E-state index in [0.29, 0.717) is 36.6 Å². The van der Waals surface area contributed by atoms with Crippen molar-refractivity contribution in [2.45, 2.75) is 19.4 Å². The van der Waals surface area contributed by atoms with E-state index in [0.717, 1.165) is 28.6 Å². The number of urea groups is 1. The number of anilines is 2. The zero-order valence-electron chi connectivity index (χ0n) is 19.9. The molecule has 7 nitrogen and oxygen atoms in total. The van der Waals surface area contributed by atoms with Gasteiger partial charge in [-0.25, -0.2) is 9.18 Å². The summed E-state index contributed by atoms with van der Waals surface area (Å²) in [7, 11) is 0. The molecule has 180 valence electrons. The molecule has 0 bridgehead atoms. The van der Waals surface area contributed by atoms with Gasteiger partial charge in [0.15, 0.2) is 5.82 Å². The third kappa shape index (κ3) is 4.56. The molecule has 1 aliphatic heterocycles. The van der Waals surface area contributed by atoms with Crippen LogP contribution in [0.4, 0.5) is 20.7 Å². The van der Waals surface area contributed by atoms with E-state index in [2.05, 4.69) is 33.4 Å². The molecule has 4 aromatic rings. The van der Waals surface area contributed by atoms with Gasteiger partial charge < -0.3 is 15.1 Å². The van der Waals surface area contributed by atoms with Crippen LogP contribution in [0, 0.1) is 17.1 Å². The van der Waals surface area contributed by atoms with Gasteiger partial charge in [-0.2, -0.15) is 5.26 Å². The van der Waals surface area contributed by atoms with Gasteiger partial charge in [-0.1, -0.05) is 31.2 Å². The molecule has 1 atom stereocenters. The van der Waals surface area contributed by atoms with Crippen LogP contribution in [0.25, 0.3) is 22.0 Å². The average molecular weight is 481 g/mol. The largest absolute Gasteiger partial charge is 0.351 e. The number of carbonyl (C=O) groups is 1. The number of nitrogens with one attached hydrogen (secondary N) is 1. The number of hydrogen-bond acceptors (Lipinski definition) is 5. The van der Waals surface area contributed by atoms with Crippen LogP contribution in [-0.2, 0) is 0 Å². The first-order valence-electron chi connectivity index (χ1n) is 11.9. The second-order valence-electron chi connectivity index (χ2n) is 8.75. The Balaban J connectivity index is 1.38. The van der Waals surface area contributed by atoms with Crippen molar-refractivity contribution >= 4 is 28.3 Å². The number of benzene rings is 3. The molecular formula is C28H25FN6O. The molecule has 0 aliphatic carbocycles. The maximum absolute atomic E-state index is 13.4. The first-order chi connectivity index (χ1) is 17.6. The molecule has 1 aromatic heterocycles. The maximum Gasteiger partial charge on any atom is 0.322 e. The van der Waals surface area contributed by atoms with E-state index < -0.39 is 0 Å². The lowest BCUT2D eigenvalue weighted by atomic mass is 10.0. The molecule has 36 heavy (non-hydrogen) atoms. The van der Waals surface area contributed by atoms with E-state index in [-0.39, 0.29) is 17.9 Å². The minimum Gasteiger partial charge on any atom is -0.351 e. The first-order valence-corrected chi connectivity index (χ1v) is 11.9. The molecule has 2 heterocycles. The number of nitriles is 1. The summed E-state index contributed by atoms with van der Waals surface area (Å²) in [5, 5.41) is 23.0. The minimum absolute atomic E-state index is 0.00512. The van der Waals surface area contributed by atoms with Crippen LogP contribution in [0.2, 0.25) is 0 Å². The third-order valence-electron chi connectivity index (χ3n) is 6.57. The van der Waals surface area contributed by atoms with Gasteiger partial charge in [-0.05, 0) is 55.0 Å². The lowest BCUT2D eigenvalue weighted by Gasteiger charge is -2.41. The summed E-state index contributed by atoms with van der Waals surface area (Å²) in [6, 6.07) is 23.0. The number of nitrogens with zero attached hydrogens (tertiary/aromatic N) is 5. The first kappa shape index (κ1) is 23.2. The number of rotatable bonds is 4. The predicted octanol–water partition coefficient (Wildman–Crippen LogP) is 5.44. The van der Waals surface area contributed by atoms with Gasteiger partial charge in [-0.3, -0.25) is 0 Å². The SMILES string of the molecule is CCC1CN(c2nnc(-c3ccc(F)cc3)c3ccccc23)CCN1C(=O)Nc1ccc(C#N)cc1. The number of amides is 2. The topological polar surface area (TPSA) is 85.2 Å². The molecule has 8 heteroatoms. The highest BCUT2D eigenvalue weighted by Crippen LogP contribution is 2.32. The second kappa shape index (κ2) is 10.0. The van der Waals surface area contributed by atoms with E-state index in [1.54, 1.807) is 36.4 Å². The van der Waals surface area contributed by atoms with Crippen LogP contribution in [0.5, 0.6) is 0 Å². The fraction of sp³-hybridized carbons (Fsp3) is 0.214. The maximum atomic E-state index is 13.4. The Labute approximate surface area is 208 Å². The Morgan fingerprint density at radius 1 is 1.03 bits per heavy atom. The molecular weight excluding hydrogens is 455 g/mol. The van der Waals surface area contributed by atoms with Crippen LogP contribution < -0.4 is 10.2 Å². The van der Waals surface area contributed by atoms with Crippen LogP contribution >= 0.6 is 0 Å². The molecule has 3 aromatic carbocycles. The predicted molar refractivity (Wildman–Crippen MR) is 138 cm³/mol. The normalized spacial score (nSPS) is 15.5. The molecule has 0 radical (unpaired) electrons. The Bertz CT molecular complexity index is 1430. The Morgan fingerprint density at radius 2 is 1.75 bits per heavy atom. The van der Waals surface area contributed by atoms with Gasteiger partial charge in [0.2, 0.25) is 0 Å². The van der Waals surface area contributed by atoms with Gasteiger partial charge in [0.25, 0.3) is 0 Å². The van der Waals surface area contributed by atoms with Crippen molar-refractivity contribution in [2.24, 2.45) is 0 Å². The van der Waals surface area contributed by atoms with Crippen molar-refractivity contribution in [2.75, 3.05) is 29.9 Å². The number of piperazine rings is 1. The molecule has 1 N–H and O–H groups in total. The highest BCUT2D eigenvalue weighted by molar-refractivity contribution is 6.00. The summed E-state index contributed by atoms with van der Waals surface area (Å²) in [5.41, 5.74) is 2.72. The summed E-state index contributed by atoms with van der Waals surface area (Å²) in [4.78, 5) is 17.1. The molecule has 1 fully saturated rings. The van der Waals surface area contributed by atoms with E-state index >= 15 is 0 Å². The van der Waals surface area contributed by atoms with Crippen molar-refractivity contribution < 1.29 is 9.18 Å². The zero-order valence-corrected chi connectivity index (χ0v) is 19.9. The number of carbonyl (C=O) groups excluding carboxylic acids is 1. The molecule has 1 saturated heterocycles. The smallest absolute Gasteiger partial charge is 0.322 e. The monoisotopic (exact) mass is 480 g/mol. The molecule has 2 amide bonds. The molecule has 0 spiro atoms. The summed E-state index contributed by atoms with van der Waals surface area (Å²) in [5.74, 6) is 0.487. The van der Waals surface area contributed by atoms with Gasteiger partial charge in [0.05, 0.1) is 17.7 Å². The zero-order chi connectivity index (χ0) is 25.1. The lowest BCUT2D eigenvalue weighted by molar-refractivity contribution is 0.176. The van der Waals surface area contributed by atoms with Gasteiger partial charge >= 0.3 is 6.03 Å². The summed E-state index contributed by atoms with van der Waals surface area (Å²) in [6.45, 7) is 3.85. The lowest BCUT2D eigenvalue weighted by Crippen LogP contribution is -2.56. The summed E-state index contributed by atoms with van der Waals surface area (Å²) in [6.07, 6.45) is 0.788. The van der Waals surface area contributed by atoms with Gasteiger partial charge in [-0.15, -0.1) is 10.2 Å². The van der Waals surface area contributed by atoms with E-state index in [9.17, 15) is 9.18 Å². The number of halogens is 1. The Hall–Kier alpha value is -4.51. The molecule has 1 aliphatic rings. The minimum atomic E-state index is -0.292. The second-order valence-corrected chi connectivity index (χ2v) is 8.75. The van der Waals surface area contributed by atoms with Crippen LogP contribution in [-0.4, -0.2) is 46.8 Å². The van der Waals surface area contributed by atoms with Crippen molar-refractivity contribution in [3.63, 3.8) is 0 Å². The van der Waals surface area contributed by atoms with Crippen LogP contribution in [0.3, 0.4) is 0 Å². The van der Waals surface area contributed by atoms with Crippen LogP contribution in [0.1, 0.15) is 18.9 Å². The van der Waals surface area contributed by atoms with Crippen molar-refractivity contribution in [1.82, 2.24) is 15.1 Å². The van der Waals surface area contributed by atoms with Gasteiger partial charge in [0.1, 0.15) is 11.5 Å². The molecule has 1 unspecified atom stereocenters. The number of aromatic nitrogens is 2. The molecule has 5 rings (SSSR count). The van der Waals surface area contributed by atoms with Gasteiger partial charge in [0, 0.05) is 41.7 Å². The van der Waals surface area contributed by atoms with E-state index in [1.165, 1.54) is 12.1 Å². The Morgan fingerprint density at radius 3 is 2.44 bits per heavy atom. The third-order valence-corrected chi connectivity index (χ3v) is 6.57. The van der Waals surface area contributed by atoms with Crippen molar-refractivity contribution in [3.8, 4) is 17.3 Å². The van der Waals surface area contributed by atoms with E-state index in [4.69, 9.17) is 5.26 Å². The van der Waals surface area contributed by atoms with Crippen LogP contribution in [0.15, 0.2) is 72.8 Å². The Kier molecular flexibility index (Phi) is 6.46. The number of hydrogen-bond donors (Lipinski definition) is 1. The average Bonchev–Trinajstić information content (AvgIpc) is 2.93. The summed E-state index contributed by atoms with van der Waals surface area (Å²) < 4.78 is 13.4. The molecule has 0 saturated carbocycles. The fourth-order valence-electron chi connectivity index (χ4n) is 4.63. The highest BCUT2D eigenvalue weighted by Gasteiger charge is 2.31. The fourth-order valence-corrected chi connectivity index (χ4v) is 4.63. The highest BCUT2D eigenvalue weighted by atomic mass is 19.1. The van der Waals surface area contributed by atoms with E-state index in [1.807, 2.05) is 29.2 Å². The quantitative estimate of drug-likeness (QED) is 0.420. The standard InChI is InChI=1S/C28H25FN6O/c1-2-23-18-34(15-16-35(23)28(36)31-22-13-7-19(17-30)8-14-22)27-25-6-4-3-5-24(25)26(32-33-27)20-9-11-21(29)12-10-20/h3-14,23H,2,15-16,18H2,1H3,(H,31,36).